The number of hydrogen-bond acceptors (Lipinski definition) is 3. The molecule has 0 bridgehead atoms. The van der Waals surface area contributed by atoms with Gasteiger partial charge >= 0.3 is 0 Å². The molecule has 0 atom stereocenters. The molecular formula is C17H16N2O2S. The molecule has 5 heteroatoms. The highest BCUT2D eigenvalue weighted by Crippen LogP contribution is 2.29. The summed E-state index contributed by atoms with van der Waals surface area (Å²) < 4.78 is 5.81. The van der Waals surface area contributed by atoms with Crippen LogP contribution in [0.3, 0.4) is 0 Å². The molecule has 0 spiro atoms. The second-order valence-corrected chi connectivity index (χ2v) is 5.52. The van der Waals surface area contributed by atoms with Crippen LogP contribution in [0.4, 0.5) is 5.69 Å². The standard InChI is InChI=1S/C17H16N2O2S/c20-16(17(22)18-12-10-11-12)19-14-8-4-5-9-15(14)21-13-6-2-1-3-7-13/h1-9,12H,10-11H2,(H,18,22)(H,19,20). The van der Waals surface area contributed by atoms with Crippen LogP contribution >= 0.6 is 12.2 Å². The smallest absolute Gasteiger partial charge is 0.283 e. The van der Waals surface area contributed by atoms with Crippen molar-refractivity contribution in [1.82, 2.24) is 5.32 Å². The monoisotopic (exact) mass is 312 g/mol. The molecule has 0 aliphatic heterocycles. The first-order valence-electron chi connectivity index (χ1n) is 7.16. The molecule has 0 radical (unpaired) electrons. The predicted octanol–water partition coefficient (Wildman–Crippen LogP) is 3.50. The second kappa shape index (κ2) is 6.58. The molecule has 1 aliphatic carbocycles. The van der Waals surface area contributed by atoms with Crippen molar-refractivity contribution < 1.29 is 9.53 Å². The lowest BCUT2D eigenvalue weighted by Gasteiger charge is -2.13. The summed E-state index contributed by atoms with van der Waals surface area (Å²) in [4.78, 5) is 12.3. The number of benzene rings is 2. The van der Waals surface area contributed by atoms with Crippen LogP contribution in [0, 0.1) is 0 Å². The van der Waals surface area contributed by atoms with Gasteiger partial charge in [-0.15, -0.1) is 0 Å². The Balaban J connectivity index is 1.70. The molecule has 0 heterocycles. The van der Waals surface area contributed by atoms with E-state index in [4.69, 9.17) is 17.0 Å². The minimum Gasteiger partial charge on any atom is -0.455 e. The maximum absolute atomic E-state index is 12.1. The Hall–Kier alpha value is -2.40. The Morgan fingerprint density at radius 3 is 2.45 bits per heavy atom. The van der Waals surface area contributed by atoms with E-state index in [1.807, 2.05) is 42.5 Å². The number of carbonyl (C=O) groups excluding carboxylic acids is 1. The topological polar surface area (TPSA) is 50.4 Å². The fourth-order valence-corrected chi connectivity index (χ4v) is 2.15. The minimum atomic E-state index is -0.314. The highest BCUT2D eigenvalue weighted by Gasteiger charge is 2.24. The molecule has 2 N–H and O–H groups in total. The van der Waals surface area contributed by atoms with Crippen LogP contribution in [-0.4, -0.2) is 16.9 Å². The molecule has 4 nitrogen and oxygen atoms in total. The fraction of sp³-hybridized carbons (Fsp3) is 0.176. The summed E-state index contributed by atoms with van der Waals surface area (Å²) in [5, 5.41) is 5.82. The maximum atomic E-state index is 12.1. The van der Waals surface area contributed by atoms with Gasteiger partial charge in [0.15, 0.2) is 10.7 Å². The van der Waals surface area contributed by atoms with Gasteiger partial charge < -0.3 is 15.4 Å². The number of carbonyl (C=O) groups is 1. The van der Waals surface area contributed by atoms with Crippen molar-refractivity contribution in [3.8, 4) is 11.5 Å². The third-order valence-corrected chi connectivity index (χ3v) is 3.53. The third kappa shape index (κ3) is 3.83. The lowest BCUT2D eigenvalue weighted by Crippen LogP contribution is -2.35. The van der Waals surface area contributed by atoms with Gasteiger partial charge in [0.2, 0.25) is 0 Å². The van der Waals surface area contributed by atoms with E-state index in [2.05, 4.69) is 10.6 Å². The number of ether oxygens (including phenoxy) is 1. The zero-order valence-electron chi connectivity index (χ0n) is 11.9. The largest absolute Gasteiger partial charge is 0.455 e. The predicted molar refractivity (Wildman–Crippen MR) is 90.3 cm³/mol. The first-order valence-corrected chi connectivity index (χ1v) is 7.57. The Kier molecular flexibility index (Phi) is 4.34. The van der Waals surface area contributed by atoms with Crippen LogP contribution in [0.5, 0.6) is 11.5 Å². The second-order valence-electron chi connectivity index (χ2n) is 5.11. The Labute approximate surface area is 134 Å². The van der Waals surface area contributed by atoms with Crippen molar-refractivity contribution in [1.29, 1.82) is 0 Å². The molecule has 1 aliphatic rings. The van der Waals surface area contributed by atoms with Gasteiger partial charge in [-0.05, 0) is 37.1 Å². The van der Waals surface area contributed by atoms with Gasteiger partial charge in [-0.25, -0.2) is 0 Å². The average Bonchev–Trinajstić information content (AvgIpc) is 3.34. The summed E-state index contributed by atoms with van der Waals surface area (Å²) in [5.41, 5.74) is 0.594. The summed E-state index contributed by atoms with van der Waals surface area (Å²) in [5.74, 6) is 0.977. The number of para-hydroxylation sites is 3. The van der Waals surface area contributed by atoms with Crippen molar-refractivity contribution >= 4 is 28.8 Å². The van der Waals surface area contributed by atoms with E-state index >= 15 is 0 Å². The zero-order chi connectivity index (χ0) is 15.4. The van der Waals surface area contributed by atoms with Gasteiger partial charge in [-0.2, -0.15) is 0 Å². The highest BCUT2D eigenvalue weighted by molar-refractivity contribution is 7.82. The lowest BCUT2D eigenvalue weighted by molar-refractivity contribution is -0.110. The van der Waals surface area contributed by atoms with Crippen molar-refractivity contribution in [2.24, 2.45) is 0 Å². The van der Waals surface area contributed by atoms with Gasteiger partial charge in [0.25, 0.3) is 5.91 Å². The van der Waals surface area contributed by atoms with Crippen molar-refractivity contribution in [2.75, 3.05) is 5.32 Å². The molecule has 112 valence electrons. The quantitative estimate of drug-likeness (QED) is 0.849. The number of amides is 1. The van der Waals surface area contributed by atoms with Crippen LogP contribution in [0.1, 0.15) is 12.8 Å². The lowest BCUT2D eigenvalue weighted by atomic mass is 10.3. The Morgan fingerprint density at radius 1 is 1.05 bits per heavy atom. The van der Waals surface area contributed by atoms with E-state index in [0.717, 1.165) is 12.8 Å². The molecule has 1 fully saturated rings. The van der Waals surface area contributed by atoms with Crippen LogP contribution in [0.2, 0.25) is 0 Å². The summed E-state index contributed by atoms with van der Waals surface area (Å²) >= 11 is 5.10. The molecule has 3 rings (SSSR count). The van der Waals surface area contributed by atoms with Crippen molar-refractivity contribution in [2.45, 2.75) is 18.9 Å². The normalized spacial score (nSPS) is 13.3. The molecule has 0 aromatic heterocycles. The molecule has 1 saturated carbocycles. The number of rotatable bonds is 4. The number of nitrogens with one attached hydrogen (secondary N) is 2. The summed E-state index contributed by atoms with van der Waals surface area (Å²) in [6, 6.07) is 17.1. The molecule has 0 unspecified atom stereocenters. The minimum absolute atomic E-state index is 0.219. The molecule has 0 saturated heterocycles. The van der Waals surface area contributed by atoms with E-state index in [0.29, 0.717) is 23.2 Å². The van der Waals surface area contributed by atoms with Gasteiger partial charge in [0, 0.05) is 6.04 Å². The zero-order valence-corrected chi connectivity index (χ0v) is 12.7. The molecule has 22 heavy (non-hydrogen) atoms. The molecular weight excluding hydrogens is 296 g/mol. The van der Waals surface area contributed by atoms with E-state index < -0.39 is 0 Å². The highest BCUT2D eigenvalue weighted by atomic mass is 32.1. The van der Waals surface area contributed by atoms with E-state index in [-0.39, 0.29) is 10.9 Å². The van der Waals surface area contributed by atoms with Crippen LogP contribution in [0.15, 0.2) is 54.6 Å². The SMILES string of the molecule is O=C(Nc1ccccc1Oc1ccccc1)C(=S)NC1CC1. The van der Waals surface area contributed by atoms with Crippen LogP contribution in [-0.2, 0) is 4.79 Å². The summed E-state index contributed by atoms with van der Waals surface area (Å²) in [7, 11) is 0. The Morgan fingerprint density at radius 2 is 1.73 bits per heavy atom. The number of anilines is 1. The molecule has 2 aromatic carbocycles. The number of thiocarbonyl (C=S) groups is 1. The van der Waals surface area contributed by atoms with Crippen molar-refractivity contribution in [3.63, 3.8) is 0 Å². The van der Waals surface area contributed by atoms with Crippen LogP contribution < -0.4 is 15.4 Å². The van der Waals surface area contributed by atoms with Crippen LogP contribution in [0.25, 0.3) is 0 Å². The van der Waals surface area contributed by atoms with Gasteiger partial charge in [0.05, 0.1) is 5.69 Å². The van der Waals surface area contributed by atoms with E-state index in [1.54, 1.807) is 12.1 Å². The maximum Gasteiger partial charge on any atom is 0.283 e. The van der Waals surface area contributed by atoms with Gasteiger partial charge in [-0.1, -0.05) is 42.5 Å². The molecule has 2 aromatic rings. The summed E-state index contributed by atoms with van der Waals surface area (Å²) in [6.07, 6.45) is 2.14. The van der Waals surface area contributed by atoms with Crippen molar-refractivity contribution in [3.05, 3.63) is 54.6 Å². The summed E-state index contributed by atoms with van der Waals surface area (Å²) in [6.45, 7) is 0. The molecule has 1 amide bonds. The van der Waals surface area contributed by atoms with E-state index in [9.17, 15) is 4.79 Å². The Bertz CT molecular complexity index is 684. The fourth-order valence-electron chi connectivity index (χ4n) is 1.93. The first kappa shape index (κ1) is 14.5. The average molecular weight is 312 g/mol. The third-order valence-electron chi connectivity index (χ3n) is 3.23. The van der Waals surface area contributed by atoms with Gasteiger partial charge in [-0.3, -0.25) is 4.79 Å². The number of hydrogen-bond donors (Lipinski definition) is 2. The first-order chi connectivity index (χ1) is 10.7. The van der Waals surface area contributed by atoms with E-state index in [1.165, 1.54) is 0 Å². The van der Waals surface area contributed by atoms with Gasteiger partial charge in [0.1, 0.15) is 5.75 Å².